The quantitative estimate of drug-likeness (QED) is 0.402. The number of rotatable bonds is 1. The lowest BCUT2D eigenvalue weighted by Crippen LogP contribution is -1.97. The molecule has 50 valence electrons. The average molecular weight is 137 g/mol. The first-order chi connectivity index (χ1) is 4.70. The number of halogens is 1. The largest absolute Gasteiger partial charge is 0.307 e. The molecule has 0 aliphatic rings. The lowest BCUT2D eigenvalue weighted by atomic mass is 9.96. The fourth-order valence-corrected chi connectivity index (χ4v) is 0.584. The van der Waals surface area contributed by atoms with Crippen LogP contribution in [0.2, 0.25) is 0 Å². The molecule has 0 aromatic carbocycles. The molecule has 0 N–H and O–H groups in total. The second-order valence-electron chi connectivity index (χ2n) is 1.93. The van der Waals surface area contributed by atoms with Gasteiger partial charge in [0.25, 0.3) is 0 Å². The number of carbonyl (C=O) groups is 1. The van der Waals surface area contributed by atoms with Crippen LogP contribution in [-0.4, -0.2) is 18.5 Å². The van der Waals surface area contributed by atoms with Crippen LogP contribution in [0.4, 0.5) is 4.39 Å². The smallest absolute Gasteiger partial charge is 0.212 e. The molecule has 4 heteroatoms. The van der Waals surface area contributed by atoms with Gasteiger partial charge in [-0.15, -0.1) is 0 Å². The van der Waals surface area contributed by atoms with E-state index >= 15 is 0 Å². The highest BCUT2D eigenvalue weighted by Gasteiger charge is 1.97. The summed E-state index contributed by atoms with van der Waals surface area (Å²) in [7, 11) is 1.41. The van der Waals surface area contributed by atoms with Crippen molar-refractivity contribution in [3.8, 4) is 0 Å². The molecule has 0 aliphatic carbocycles. The molecule has 1 aromatic rings. The summed E-state index contributed by atoms with van der Waals surface area (Å²) >= 11 is 0. The van der Waals surface area contributed by atoms with E-state index in [4.69, 9.17) is 0 Å². The predicted octanol–water partition coefficient (Wildman–Crippen LogP) is -0.00600. The lowest BCUT2D eigenvalue weighted by Gasteiger charge is -1.91. The number of carbonyl (C=O) groups excluding carboxylic acids is 1. The Balaban J connectivity index is 3.00. The van der Waals surface area contributed by atoms with Gasteiger partial charge >= 0.3 is 0 Å². The average Bonchev–Trinajstić information content (AvgIpc) is 1.88. The van der Waals surface area contributed by atoms with Gasteiger partial charge in [-0.3, -0.25) is 0 Å². The first-order valence-electron chi connectivity index (χ1n) is 2.82. The molecule has 0 saturated carbocycles. The molecule has 10 heavy (non-hydrogen) atoms. The molecule has 1 heterocycles. The Morgan fingerprint density at radius 3 is 2.70 bits per heavy atom. The molecule has 0 spiro atoms. The van der Waals surface area contributed by atoms with Crippen LogP contribution in [-0.2, 0) is 0 Å². The van der Waals surface area contributed by atoms with Crippen molar-refractivity contribution in [2.75, 3.05) is 0 Å². The third-order valence-electron chi connectivity index (χ3n) is 1.13. The van der Waals surface area contributed by atoms with Crippen molar-refractivity contribution in [1.29, 1.82) is 0 Å². The summed E-state index contributed by atoms with van der Waals surface area (Å²) < 4.78 is 12.1. The van der Waals surface area contributed by atoms with E-state index in [2.05, 4.69) is 4.98 Å². The van der Waals surface area contributed by atoms with E-state index in [0.29, 0.717) is 5.56 Å². The topological polar surface area (TPSA) is 30.0 Å². The van der Waals surface area contributed by atoms with Gasteiger partial charge in [-0.2, -0.15) is 4.39 Å². The molecule has 0 fully saturated rings. The van der Waals surface area contributed by atoms with E-state index < -0.39 is 5.95 Å². The molecule has 0 saturated heterocycles. The number of pyridine rings is 1. The third-order valence-corrected chi connectivity index (χ3v) is 1.13. The van der Waals surface area contributed by atoms with Gasteiger partial charge in [-0.1, -0.05) is 0 Å². The van der Waals surface area contributed by atoms with Crippen LogP contribution in [0.1, 0.15) is 10.4 Å². The second kappa shape index (κ2) is 2.60. The number of hydrogen-bond donors (Lipinski definition) is 0. The van der Waals surface area contributed by atoms with Gasteiger partial charge in [-0.05, 0) is 12.1 Å². The zero-order chi connectivity index (χ0) is 7.56. The fraction of sp³-hybridized carbons (Fsp3) is 0. The van der Waals surface area contributed by atoms with Crippen molar-refractivity contribution in [2.45, 2.75) is 0 Å². The SMILES string of the molecule is BC(=O)c1ccc(F)nc1. The summed E-state index contributed by atoms with van der Waals surface area (Å²) in [4.78, 5) is 13.9. The second-order valence-corrected chi connectivity index (χ2v) is 1.93. The van der Waals surface area contributed by atoms with E-state index in [0.717, 1.165) is 6.07 Å². The Hall–Kier alpha value is -1.19. The summed E-state index contributed by atoms with van der Waals surface area (Å²) in [6.07, 6.45) is 1.22. The minimum absolute atomic E-state index is 0.104. The van der Waals surface area contributed by atoms with Gasteiger partial charge in [0.1, 0.15) is 5.68 Å². The molecule has 0 radical (unpaired) electrons. The monoisotopic (exact) mass is 137 g/mol. The lowest BCUT2D eigenvalue weighted by molar-refractivity contribution is 0.108. The normalized spacial score (nSPS) is 9.30. The highest BCUT2D eigenvalue weighted by atomic mass is 19.1. The van der Waals surface area contributed by atoms with Crippen molar-refractivity contribution in [2.24, 2.45) is 0 Å². The van der Waals surface area contributed by atoms with Crippen LogP contribution in [0.3, 0.4) is 0 Å². The summed E-state index contributed by atoms with van der Waals surface area (Å²) in [6, 6.07) is 2.57. The molecule has 0 atom stereocenters. The number of aromatic nitrogens is 1. The van der Waals surface area contributed by atoms with Crippen molar-refractivity contribution >= 4 is 13.5 Å². The molecule has 1 rings (SSSR count). The van der Waals surface area contributed by atoms with Crippen LogP contribution in [0.15, 0.2) is 18.3 Å². The van der Waals surface area contributed by atoms with Gasteiger partial charge in [0.15, 0.2) is 7.85 Å². The van der Waals surface area contributed by atoms with Crippen LogP contribution in [0.25, 0.3) is 0 Å². The Labute approximate surface area is 58.5 Å². The Morgan fingerprint density at radius 1 is 1.60 bits per heavy atom. The van der Waals surface area contributed by atoms with Gasteiger partial charge < -0.3 is 4.79 Å². The van der Waals surface area contributed by atoms with Crippen LogP contribution >= 0.6 is 0 Å². The molecular weight excluding hydrogens is 132 g/mol. The minimum atomic E-state index is -0.565. The van der Waals surface area contributed by atoms with E-state index in [-0.39, 0.29) is 5.68 Å². The Morgan fingerprint density at radius 2 is 2.30 bits per heavy atom. The van der Waals surface area contributed by atoms with E-state index in [9.17, 15) is 9.18 Å². The van der Waals surface area contributed by atoms with E-state index in [1.54, 1.807) is 0 Å². The maximum atomic E-state index is 12.1. The zero-order valence-corrected chi connectivity index (χ0v) is 5.47. The van der Waals surface area contributed by atoms with Gasteiger partial charge in [0.05, 0.1) is 0 Å². The van der Waals surface area contributed by atoms with Crippen molar-refractivity contribution < 1.29 is 9.18 Å². The third kappa shape index (κ3) is 1.40. The fourth-order valence-electron chi connectivity index (χ4n) is 0.584. The molecule has 0 unspecified atom stereocenters. The van der Waals surface area contributed by atoms with E-state index in [1.165, 1.54) is 20.1 Å². The van der Waals surface area contributed by atoms with Crippen molar-refractivity contribution in [3.05, 3.63) is 29.8 Å². The Kier molecular flexibility index (Phi) is 1.80. The molecular formula is C6H5BFNO. The standard InChI is InChI=1S/C6H5BFNO/c7-6(10)4-1-2-5(8)9-3-4/h1-3H,7H2. The van der Waals surface area contributed by atoms with Gasteiger partial charge in [0.2, 0.25) is 5.95 Å². The highest BCUT2D eigenvalue weighted by molar-refractivity contribution is 6.62. The summed E-state index contributed by atoms with van der Waals surface area (Å²) in [5.41, 5.74) is 0.328. The van der Waals surface area contributed by atoms with Crippen molar-refractivity contribution in [1.82, 2.24) is 4.98 Å². The summed E-state index contributed by atoms with van der Waals surface area (Å²) in [6.45, 7) is 0. The van der Waals surface area contributed by atoms with Crippen LogP contribution < -0.4 is 0 Å². The number of nitrogens with zero attached hydrogens (tertiary/aromatic N) is 1. The summed E-state index contributed by atoms with van der Waals surface area (Å²) in [5.74, 6) is -0.565. The van der Waals surface area contributed by atoms with Gasteiger partial charge in [-0.25, -0.2) is 4.98 Å². The van der Waals surface area contributed by atoms with E-state index in [1.807, 2.05) is 0 Å². The molecule has 0 amide bonds. The van der Waals surface area contributed by atoms with Crippen molar-refractivity contribution in [3.63, 3.8) is 0 Å². The molecule has 0 bridgehead atoms. The highest BCUT2D eigenvalue weighted by Crippen LogP contribution is 1.97. The summed E-state index contributed by atoms with van der Waals surface area (Å²) in [5, 5.41) is 0. The first kappa shape index (κ1) is 6.93. The predicted molar refractivity (Wildman–Crippen MR) is 37.1 cm³/mol. The first-order valence-corrected chi connectivity index (χ1v) is 2.82. The van der Waals surface area contributed by atoms with Gasteiger partial charge in [0, 0.05) is 11.8 Å². The maximum absolute atomic E-state index is 12.1. The molecule has 1 aromatic heterocycles. The van der Waals surface area contributed by atoms with Crippen LogP contribution in [0.5, 0.6) is 0 Å². The molecule has 2 nitrogen and oxygen atoms in total. The molecule has 0 aliphatic heterocycles. The number of hydrogen-bond acceptors (Lipinski definition) is 2. The van der Waals surface area contributed by atoms with Crippen LogP contribution in [0, 0.1) is 5.95 Å². The maximum Gasteiger partial charge on any atom is 0.212 e. The Bertz CT molecular complexity index is 246. The minimum Gasteiger partial charge on any atom is -0.307 e. The zero-order valence-electron chi connectivity index (χ0n) is 5.47.